The first kappa shape index (κ1) is 15.7. The largest absolute Gasteiger partial charge is 0.465 e. The molecule has 0 spiro atoms. The number of amides is 1. The predicted octanol–water partition coefficient (Wildman–Crippen LogP) is 0.908. The smallest absolute Gasteiger partial charge is 0.407 e. The molecule has 0 saturated heterocycles. The number of hydrogen-bond acceptors (Lipinski definition) is 3. The van der Waals surface area contributed by atoms with Gasteiger partial charge in [0, 0.05) is 13.1 Å². The highest BCUT2D eigenvalue weighted by Crippen LogP contribution is 2.08. The van der Waals surface area contributed by atoms with Gasteiger partial charge in [0.05, 0.1) is 12.6 Å². The number of halogens is 1. The molecule has 0 aromatic heterocycles. The van der Waals surface area contributed by atoms with Crippen molar-refractivity contribution in [3.05, 3.63) is 35.9 Å². The highest BCUT2D eigenvalue weighted by Gasteiger charge is 2.21. The van der Waals surface area contributed by atoms with E-state index in [9.17, 15) is 4.79 Å². The normalized spacial score (nSPS) is 11.4. The molecule has 0 saturated carbocycles. The van der Waals surface area contributed by atoms with Gasteiger partial charge in [-0.25, -0.2) is 4.79 Å². The van der Waals surface area contributed by atoms with Gasteiger partial charge in [-0.15, -0.1) is 12.4 Å². The van der Waals surface area contributed by atoms with Gasteiger partial charge in [0.15, 0.2) is 0 Å². The third-order valence-corrected chi connectivity index (χ3v) is 2.37. The van der Waals surface area contributed by atoms with Crippen molar-refractivity contribution in [3.63, 3.8) is 0 Å². The van der Waals surface area contributed by atoms with Gasteiger partial charge >= 0.3 is 6.09 Å². The van der Waals surface area contributed by atoms with E-state index >= 15 is 0 Å². The number of carbonyl (C=O) groups is 1. The average molecular weight is 261 g/mol. The Morgan fingerprint density at radius 1 is 1.35 bits per heavy atom. The number of nitrogens with two attached hydrogens (primary N) is 1. The Morgan fingerprint density at radius 3 is 2.35 bits per heavy atom. The Kier molecular flexibility index (Phi) is 7.29. The van der Waals surface area contributed by atoms with Crippen LogP contribution >= 0.6 is 12.4 Å². The third-order valence-electron chi connectivity index (χ3n) is 2.37. The van der Waals surface area contributed by atoms with E-state index in [1.807, 2.05) is 30.3 Å². The number of aliphatic hydroxyl groups is 1. The van der Waals surface area contributed by atoms with Crippen LogP contribution in [0.25, 0.3) is 0 Å². The van der Waals surface area contributed by atoms with Crippen LogP contribution in [0.2, 0.25) is 0 Å². The van der Waals surface area contributed by atoms with E-state index in [4.69, 9.17) is 15.9 Å². The van der Waals surface area contributed by atoms with Gasteiger partial charge in [-0.1, -0.05) is 30.3 Å². The van der Waals surface area contributed by atoms with E-state index in [1.165, 1.54) is 0 Å². The van der Waals surface area contributed by atoms with Gasteiger partial charge in [0.1, 0.15) is 0 Å². The van der Waals surface area contributed by atoms with Crippen LogP contribution in [0.5, 0.6) is 0 Å². The van der Waals surface area contributed by atoms with Crippen LogP contribution in [0.1, 0.15) is 5.56 Å². The summed E-state index contributed by atoms with van der Waals surface area (Å²) < 4.78 is 0. The van der Waals surface area contributed by atoms with Crippen molar-refractivity contribution in [2.75, 3.05) is 13.2 Å². The van der Waals surface area contributed by atoms with E-state index in [-0.39, 0.29) is 32.1 Å². The maximum Gasteiger partial charge on any atom is 0.407 e. The summed E-state index contributed by atoms with van der Waals surface area (Å²) >= 11 is 0. The van der Waals surface area contributed by atoms with E-state index in [0.717, 1.165) is 10.5 Å². The standard InChI is InChI=1S/C11H16N2O3.ClH/c12-6-10(8-14)13(11(15)16)7-9-4-2-1-3-5-9;/h1-5,10,14H,6-8,12H2,(H,15,16);1H/t10-;/m1./s1. The van der Waals surface area contributed by atoms with E-state index < -0.39 is 12.1 Å². The fraction of sp³-hybridized carbons (Fsp3) is 0.364. The van der Waals surface area contributed by atoms with Crippen molar-refractivity contribution in [1.82, 2.24) is 4.90 Å². The number of benzene rings is 1. The van der Waals surface area contributed by atoms with Crippen molar-refractivity contribution in [2.24, 2.45) is 5.73 Å². The molecule has 0 unspecified atom stereocenters. The fourth-order valence-electron chi connectivity index (χ4n) is 1.43. The van der Waals surface area contributed by atoms with Crippen molar-refractivity contribution in [3.8, 4) is 0 Å². The zero-order chi connectivity index (χ0) is 12.0. The van der Waals surface area contributed by atoms with Crippen LogP contribution in [-0.2, 0) is 6.54 Å². The predicted molar refractivity (Wildman–Crippen MR) is 67.2 cm³/mol. The second-order valence-electron chi connectivity index (χ2n) is 3.47. The first-order valence-corrected chi connectivity index (χ1v) is 5.03. The lowest BCUT2D eigenvalue weighted by molar-refractivity contribution is 0.0961. The first-order chi connectivity index (χ1) is 7.69. The Balaban J connectivity index is 0.00000256. The van der Waals surface area contributed by atoms with Crippen LogP contribution in [-0.4, -0.2) is 40.4 Å². The molecule has 1 amide bonds. The topological polar surface area (TPSA) is 86.8 Å². The SMILES string of the molecule is Cl.NC[C@H](CO)N(Cc1ccccc1)C(=O)O. The number of aliphatic hydroxyl groups excluding tert-OH is 1. The lowest BCUT2D eigenvalue weighted by Crippen LogP contribution is -2.45. The lowest BCUT2D eigenvalue weighted by Gasteiger charge is -2.26. The summed E-state index contributed by atoms with van der Waals surface area (Å²) in [6.45, 7) is 0.0733. The molecule has 0 aliphatic carbocycles. The molecule has 1 rings (SSSR count). The zero-order valence-corrected chi connectivity index (χ0v) is 10.1. The van der Waals surface area contributed by atoms with Gasteiger partial charge in [0.25, 0.3) is 0 Å². The highest BCUT2D eigenvalue weighted by atomic mass is 35.5. The van der Waals surface area contributed by atoms with E-state index in [2.05, 4.69) is 0 Å². The molecule has 0 heterocycles. The van der Waals surface area contributed by atoms with E-state index in [1.54, 1.807) is 0 Å². The summed E-state index contributed by atoms with van der Waals surface area (Å²) in [5.41, 5.74) is 6.28. The maximum absolute atomic E-state index is 11.0. The van der Waals surface area contributed by atoms with Gasteiger partial charge in [-0.05, 0) is 5.56 Å². The van der Waals surface area contributed by atoms with Gasteiger partial charge in [-0.3, -0.25) is 4.90 Å². The monoisotopic (exact) mass is 260 g/mol. The summed E-state index contributed by atoms with van der Waals surface area (Å²) in [5.74, 6) is 0. The molecule has 1 atom stereocenters. The number of rotatable bonds is 5. The van der Waals surface area contributed by atoms with Gasteiger partial charge in [0.2, 0.25) is 0 Å². The molecule has 4 N–H and O–H groups in total. The highest BCUT2D eigenvalue weighted by molar-refractivity contribution is 5.85. The Morgan fingerprint density at radius 2 is 1.94 bits per heavy atom. The maximum atomic E-state index is 11.0. The number of nitrogens with zero attached hydrogens (tertiary/aromatic N) is 1. The van der Waals surface area contributed by atoms with Crippen molar-refractivity contribution >= 4 is 18.5 Å². The Labute approximate surface area is 106 Å². The second kappa shape index (κ2) is 7.89. The van der Waals surface area contributed by atoms with Crippen molar-refractivity contribution < 1.29 is 15.0 Å². The Bertz CT molecular complexity index is 331. The molecule has 6 heteroatoms. The van der Waals surface area contributed by atoms with E-state index in [0.29, 0.717) is 0 Å². The molecule has 1 aromatic rings. The van der Waals surface area contributed by atoms with Crippen LogP contribution in [0, 0.1) is 0 Å². The third kappa shape index (κ3) is 4.60. The van der Waals surface area contributed by atoms with Crippen molar-refractivity contribution in [2.45, 2.75) is 12.6 Å². The summed E-state index contributed by atoms with van der Waals surface area (Å²) in [5, 5.41) is 18.1. The molecule has 0 fully saturated rings. The molecular formula is C11H17ClN2O3. The molecule has 0 aliphatic rings. The molecule has 0 bridgehead atoms. The molecule has 0 aliphatic heterocycles. The summed E-state index contributed by atoms with van der Waals surface area (Å²) in [7, 11) is 0. The van der Waals surface area contributed by atoms with Crippen LogP contribution < -0.4 is 5.73 Å². The molecule has 0 radical (unpaired) electrons. The Hall–Kier alpha value is -1.30. The minimum atomic E-state index is -1.08. The minimum absolute atomic E-state index is 0. The first-order valence-electron chi connectivity index (χ1n) is 5.03. The molecule has 17 heavy (non-hydrogen) atoms. The molecule has 1 aromatic carbocycles. The molecule has 96 valence electrons. The molecule has 5 nitrogen and oxygen atoms in total. The molecular weight excluding hydrogens is 244 g/mol. The zero-order valence-electron chi connectivity index (χ0n) is 9.32. The average Bonchev–Trinajstić information content (AvgIpc) is 2.30. The quantitative estimate of drug-likeness (QED) is 0.734. The van der Waals surface area contributed by atoms with Gasteiger partial charge < -0.3 is 15.9 Å². The van der Waals surface area contributed by atoms with Gasteiger partial charge in [-0.2, -0.15) is 0 Å². The lowest BCUT2D eigenvalue weighted by atomic mass is 10.2. The fourth-order valence-corrected chi connectivity index (χ4v) is 1.43. The van der Waals surface area contributed by atoms with Crippen LogP contribution in [0.4, 0.5) is 4.79 Å². The van der Waals surface area contributed by atoms with Crippen LogP contribution in [0.3, 0.4) is 0 Å². The number of hydrogen-bond donors (Lipinski definition) is 3. The summed E-state index contributed by atoms with van der Waals surface area (Å²) in [4.78, 5) is 12.2. The minimum Gasteiger partial charge on any atom is -0.465 e. The van der Waals surface area contributed by atoms with Crippen LogP contribution in [0.15, 0.2) is 30.3 Å². The second-order valence-corrected chi connectivity index (χ2v) is 3.47. The number of carboxylic acid groups (broad SMARTS) is 1. The summed E-state index contributed by atoms with van der Waals surface area (Å²) in [6, 6.07) is 8.65. The summed E-state index contributed by atoms with van der Waals surface area (Å²) in [6.07, 6.45) is -1.08. The van der Waals surface area contributed by atoms with Crippen molar-refractivity contribution in [1.29, 1.82) is 0 Å².